The fourth-order valence-corrected chi connectivity index (χ4v) is 5.31. The summed E-state index contributed by atoms with van der Waals surface area (Å²) >= 11 is 0. The minimum absolute atomic E-state index is 0.179. The van der Waals surface area contributed by atoms with Gasteiger partial charge in [-0.25, -0.2) is 4.98 Å². The van der Waals surface area contributed by atoms with Crippen LogP contribution in [0.4, 0.5) is 0 Å². The minimum Gasteiger partial charge on any atom is -0.327 e. The smallest absolute Gasteiger partial charge is 0.255 e. The van der Waals surface area contributed by atoms with Crippen LogP contribution in [0.2, 0.25) is 0 Å². The molecule has 1 N–H and O–H groups in total. The van der Waals surface area contributed by atoms with Gasteiger partial charge < -0.3 is 9.47 Å². The van der Waals surface area contributed by atoms with E-state index < -0.39 is 11.9 Å². The Hall–Kier alpha value is -4.52. The van der Waals surface area contributed by atoms with Crippen LogP contribution in [0.5, 0.6) is 0 Å². The molecule has 1 unspecified atom stereocenters. The molecule has 0 bridgehead atoms. The third kappa shape index (κ3) is 3.93. The molecule has 7 heteroatoms. The number of aromatic nitrogens is 2. The molecule has 1 aromatic heterocycles. The largest absolute Gasteiger partial charge is 0.327 e. The zero-order chi connectivity index (χ0) is 25.7. The third-order valence-corrected chi connectivity index (χ3v) is 7.25. The highest BCUT2D eigenvalue weighted by molar-refractivity contribution is 6.05. The summed E-state index contributed by atoms with van der Waals surface area (Å²) in [6.07, 6.45) is 0.579. The van der Waals surface area contributed by atoms with Crippen molar-refractivity contribution in [3.8, 4) is 33.9 Å². The molecule has 1 saturated heterocycles. The van der Waals surface area contributed by atoms with Crippen molar-refractivity contribution >= 4 is 17.7 Å². The van der Waals surface area contributed by atoms with Gasteiger partial charge in [-0.1, -0.05) is 66.2 Å². The van der Waals surface area contributed by atoms with Gasteiger partial charge in [0.05, 0.1) is 11.4 Å². The molecule has 1 fully saturated rings. The van der Waals surface area contributed by atoms with Crippen molar-refractivity contribution < 1.29 is 14.4 Å². The van der Waals surface area contributed by atoms with Gasteiger partial charge in [-0.2, -0.15) is 0 Å². The Morgan fingerprint density at radius 3 is 2.35 bits per heavy atom. The second-order valence-electron chi connectivity index (χ2n) is 9.70. The molecule has 3 heterocycles. The Morgan fingerprint density at radius 2 is 1.62 bits per heavy atom. The maximum Gasteiger partial charge on any atom is 0.255 e. The Balaban J connectivity index is 1.41. The molecule has 2 aliphatic rings. The molecule has 3 amide bonds. The van der Waals surface area contributed by atoms with Gasteiger partial charge in [-0.05, 0) is 31.0 Å². The van der Waals surface area contributed by atoms with Crippen molar-refractivity contribution in [2.45, 2.75) is 32.4 Å². The van der Waals surface area contributed by atoms with Crippen molar-refractivity contribution in [2.24, 2.45) is 7.05 Å². The topological polar surface area (TPSA) is 84.3 Å². The van der Waals surface area contributed by atoms with E-state index in [1.54, 1.807) is 4.90 Å². The number of amides is 3. The summed E-state index contributed by atoms with van der Waals surface area (Å²) in [5.41, 5.74) is 7.54. The van der Waals surface area contributed by atoms with Crippen LogP contribution in [0.15, 0.2) is 72.8 Å². The van der Waals surface area contributed by atoms with Crippen LogP contribution in [0.25, 0.3) is 33.9 Å². The highest BCUT2D eigenvalue weighted by Gasteiger charge is 2.39. The van der Waals surface area contributed by atoms with Crippen LogP contribution in [-0.2, 0) is 23.2 Å². The molecule has 1 atom stereocenters. The lowest BCUT2D eigenvalue weighted by molar-refractivity contribution is -0.136. The molecule has 6 rings (SSSR count). The fraction of sp³-hybridized carbons (Fsp3) is 0.200. The maximum atomic E-state index is 13.1. The molecule has 3 aromatic carbocycles. The highest BCUT2D eigenvalue weighted by atomic mass is 16.2. The molecule has 184 valence electrons. The number of imide groups is 1. The second kappa shape index (κ2) is 8.85. The summed E-state index contributed by atoms with van der Waals surface area (Å²) in [6, 6.07) is 23.7. The molecule has 0 radical (unpaired) electrons. The van der Waals surface area contributed by atoms with Crippen LogP contribution in [0, 0.1) is 6.92 Å². The van der Waals surface area contributed by atoms with E-state index in [-0.39, 0.29) is 18.2 Å². The van der Waals surface area contributed by atoms with Crippen LogP contribution < -0.4 is 5.32 Å². The van der Waals surface area contributed by atoms with Gasteiger partial charge in [0, 0.05) is 42.3 Å². The SMILES string of the molecule is Cc1ccc(-c2nc(-c3ccc4c(c3)CN(C3CCC(=O)NC3=O)C4=O)n(C)c2-c2ccccc2)cc1. The predicted molar refractivity (Wildman–Crippen MR) is 140 cm³/mol. The molecule has 0 aliphatic carbocycles. The van der Waals surface area contributed by atoms with Crippen molar-refractivity contribution in [3.05, 3.63) is 89.5 Å². The number of benzene rings is 3. The minimum atomic E-state index is -0.632. The van der Waals surface area contributed by atoms with Gasteiger partial charge in [-0.15, -0.1) is 0 Å². The summed E-state index contributed by atoms with van der Waals surface area (Å²) in [6.45, 7) is 2.39. The first-order valence-electron chi connectivity index (χ1n) is 12.4. The Bertz CT molecular complexity index is 1550. The summed E-state index contributed by atoms with van der Waals surface area (Å²) in [5.74, 6) is -0.0802. The first-order chi connectivity index (χ1) is 17.9. The van der Waals surface area contributed by atoms with Gasteiger partial charge in [0.15, 0.2) is 0 Å². The van der Waals surface area contributed by atoms with E-state index in [4.69, 9.17) is 4.98 Å². The lowest BCUT2D eigenvalue weighted by atomic mass is 10.0. The van der Waals surface area contributed by atoms with E-state index in [9.17, 15) is 14.4 Å². The summed E-state index contributed by atoms with van der Waals surface area (Å²) in [5, 5.41) is 2.36. The molecule has 2 aliphatic heterocycles. The van der Waals surface area contributed by atoms with E-state index in [1.165, 1.54) is 5.56 Å². The van der Waals surface area contributed by atoms with E-state index in [0.29, 0.717) is 18.5 Å². The van der Waals surface area contributed by atoms with E-state index in [1.807, 2.05) is 43.4 Å². The number of carbonyl (C=O) groups is 3. The molecule has 4 aromatic rings. The predicted octanol–water partition coefficient (Wildman–Crippen LogP) is 4.49. The molecule has 37 heavy (non-hydrogen) atoms. The van der Waals surface area contributed by atoms with Gasteiger partial charge in [0.1, 0.15) is 11.9 Å². The number of imidazole rings is 1. The zero-order valence-electron chi connectivity index (χ0n) is 20.7. The average molecular weight is 491 g/mol. The quantitative estimate of drug-likeness (QED) is 0.427. The summed E-state index contributed by atoms with van der Waals surface area (Å²) in [4.78, 5) is 43.8. The number of aryl methyl sites for hydroxylation is 1. The Morgan fingerprint density at radius 1 is 0.892 bits per heavy atom. The second-order valence-corrected chi connectivity index (χ2v) is 9.70. The first-order valence-corrected chi connectivity index (χ1v) is 12.4. The Labute approximate surface area is 214 Å². The van der Waals surface area contributed by atoms with Crippen molar-refractivity contribution in [1.29, 1.82) is 0 Å². The van der Waals surface area contributed by atoms with E-state index in [2.05, 4.69) is 53.2 Å². The van der Waals surface area contributed by atoms with E-state index >= 15 is 0 Å². The maximum absolute atomic E-state index is 13.1. The Kier molecular flexibility index (Phi) is 5.48. The van der Waals surface area contributed by atoms with Crippen LogP contribution in [0.3, 0.4) is 0 Å². The number of piperidine rings is 1. The van der Waals surface area contributed by atoms with Crippen LogP contribution >= 0.6 is 0 Å². The summed E-state index contributed by atoms with van der Waals surface area (Å²) in [7, 11) is 2.01. The van der Waals surface area contributed by atoms with Crippen LogP contribution in [0.1, 0.15) is 34.3 Å². The molecule has 0 saturated carbocycles. The van der Waals surface area contributed by atoms with Crippen molar-refractivity contribution in [2.75, 3.05) is 0 Å². The van der Waals surface area contributed by atoms with Gasteiger partial charge in [-0.3, -0.25) is 19.7 Å². The monoisotopic (exact) mass is 490 g/mol. The zero-order valence-corrected chi connectivity index (χ0v) is 20.7. The average Bonchev–Trinajstić information content (AvgIpc) is 3.41. The molecular formula is C30H26N4O3. The van der Waals surface area contributed by atoms with Crippen LogP contribution in [-0.4, -0.2) is 38.2 Å². The fourth-order valence-electron chi connectivity index (χ4n) is 5.31. The van der Waals surface area contributed by atoms with Crippen molar-refractivity contribution in [3.63, 3.8) is 0 Å². The number of hydrogen-bond donors (Lipinski definition) is 1. The third-order valence-electron chi connectivity index (χ3n) is 7.25. The first kappa shape index (κ1) is 22.9. The molecule has 7 nitrogen and oxygen atoms in total. The standard InChI is InChI=1S/C30H26N4O3/c1-18-8-10-19(11-9-18)26-27(20-6-4-3-5-7-20)33(2)28(32-26)21-12-13-23-22(16-21)17-34(30(23)37)24-14-15-25(35)31-29(24)36/h3-13,16,24H,14-15,17H2,1-2H3,(H,31,35,36). The van der Waals surface area contributed by atoms with E-state index in [0.717, 1.165) is 39.5 Å². The summed E-state index contributed by atoms with van der Waals surface area (Å²) < 4.78 is 2.10. The number of nitrogens with zero attached hydrogens (tertiary/aromatic N) is 3. The number of rotatable bonds is 4. The van der Waals surface area contributed by atoms with Crippen molar-refractivity contribution in [1.82, 2.24) is 19.8 Å². The lowest BCUT2D eigenvalue weighted by Gasteiger charge is -2.29. The molecular weight excluding hydrogens is 464 g/mol. The highest BCUT2D eigenvalue weighted by Crippen LogP contribution is 2.37. The van der Waals surface area contributed by atoms with Gasteiger partial charge in [0.25, 0.3) is 5.91 Å². The van der Waals surface area contributed by atoms with Gasteiger partial charge >= 0.3 is 0 Å². The van der Waals surface area contributed by atoms with Gasteiger partial charge in [0.2, 0.25) is 11.8 Å². The lowest BCUT2D eigenvalue weighted by Crippen LogP contribution is -2.52. The normalized spacial score (nSPS) is 17.2. The number of fused-ring (bicyclic) bond motifs is 1. The number of hydrogen-bond acceptors (Lipinski definition) is 4. The molecule has 0 spiro atoms. The number of nitrogens with one attached hydrogen (secondary N) is 1. The number of carbonyl (C=O) groups excluding carboxylic acids is 3.